The first kappa shape index (κ1) is 21.6. The molecule has 1 amide bonds. The van der Waals surface area contributed by atoms with Gasteiger partial charge in [-0.25, -0.2) is 0 Å². The molecule has 180 valence electrons. The highest BCUT2D eigenvalue weighted by Gasteiger charge is 2.63. The van der Waals surface area contributed by atoms with Crippen molar-refractivity contribution in [1.82, 2.24) is 15.5 Å². The van der Waals surface area contributed by atoms with Gasteiger partial charge in [0.2, 0.25) is 11.8 Å². The second-order valence-corrected chi connectivity index (χ2v) is 9.65. The molecule has 3 aliphatic carbocycles. The molecule has 0 saturated heterocycles. The molecular weight excluding hydrogens is 453 g/mol. The maximum absolute atomic E-state index is 12.9. The van der Waals surface area contributed by atoms with Crippen LogP contribution in [0.15, 0.2) is 39.9 Å². The Hall–Kier alpha value is -2.95. The number of carbonyl (C=O) groups is 1. The highest BCUT2D eigenvalue weighted by Crippen LogP contribution is 2.61. The maximum atomic E-state index is 12.9. The molecule has 34 heavy (non-hydrogen) atoms. The summed E-state index contributed by atoms with van der Waals surface area (Å²) in [6.07, 6.45) is -2.40. The van der Waals surface area contributed by atoms with E-state index in [-0.39, 0.29) is 48.1 Å². The summed E-state index contributed by atoms with van der Waals surface area (Å²) in [4.78, 5) is 18.3. The third-order valence-electron chi connectivity index (χ3n) is 7.66. The van der Waals surface area contributed by atoms with Crippen molar-refractivity contribution < 1.29 is 32.0 Å². The molecule has 1 aliphatic heterocycles. The number of hydrogen-bond donors (Lipinski definition) is 1. The number of hydrogen-bond acceptors (Lipinski definition) is 7. The standard InChI is InChI=1S/C23H23F3N4O4/c24-23(25,26)33-14-8-13(9-14)20-28-29-21(32-20)15-11-22(7-6-16(15)22)27-19(31)17-10-18(34-30-17)12-4-2-1-3-5-12/h1-5,13-16,18H,6-11H2,(H,27,31)/t13?,14?,15?,16?,18-,22?/m1/s1. The second kappa shape index (κ2) is 7.79. The van der Waals surface area contributed by atoms with Crippen LogP contribution in [0.5, 0.6) is 0 Å². The molecule has 3 fully saturated rings. The average molecular weight is 476 g/mol. The van der Waals surface area contributed by atoms with Gasteiger partial charge in [0.25, 0.3) is 5.91 Å². The molecule has 4 atom stereocenters. The zero-order valence-corrected chi connectivity index (χ0v) is 18.1. The number of fused-ring (bicyclic) bond motifs is 1. The molecule has 11 heteroatoms. The lowest BCUT2D eigenvalue weighted by Gasteiger charge is -2.62. The fraction of sp³-hybridized carbons (Fsp3) is 0.565. The SMILES string of the molecule is O=C(NC12CCC1C(c1nnc(C3CC(OC(F)(F)F)C3)o1)C2)C1=NO[C@@H](c2ccccc2)C1. The van der Waals surface area contributed by atoms with Crippen LogP contribution in [0.4, 0.5) is 13.2 Å². The van der Waals surface area contributed by atoms with Crippen LogP contribution in [0.2, 0.25) is 0 Å². The zero-order valence-electron chi connectivity index (χ0n) is 18.1. The van der Waals surface area contributed by atoms with Crippen LogP contribution in [0.3, 0.4) is 0 Å². The maximum Gasteiger partial charge on any atom is 0.522 e. The molecule has 2 heterocycles. The molecule has 1 N–H and O–H groups in total. The van der Waals surface area contributed by atoms with Crippen LogP contribution in [0.1, 0.15) is 73.8 Å². The molecule has 2 aromatic rings. The molecule has 1 aromatic carbocycles. The molecule has 0 radical (unpaired) electrons. The fourth-order valence-electron chi connectivity index (χ4n) is 5.61. The van der Waals surface area contributed by atoms with E-state index in [2.05, 4.69) is 25.4 Å². The molecule has 0 bridgehead atoms. The van der Waals surface area contributed by atoms with Crippen molar-refractivity contribution in [2.45, 2.75) is 74.5 Å². The second-order valence-electron chi connectivity index (χ2n) is 9.65. The van der Waals surface area contributed by atoms with E-state index in [0.717, 1.165) is 18.4 Å². The number of alkyl halides is 3. The lowest BCUT2D eigenvalue weighted by Crippen LogP contribution is -2.70. The molecule has 3 saturated carbocycles. The predicted octanol–water partition coefficient (Wildman–Crippen LogP) is 4.12. The van der Waals surface area contributed by atoms with Crippen molar-refractivity contribution in [3.63, 3.8) is 0 Å². The summed E-state index contributed by atoms with van der Waals surface area (Å²) >= 11 is 0. The van der Waals surface area contributed by atoms with Crippen LogP contribution < -0.4 is 5.32 Å². The summed E-state index contributed by atoms with van der Waals surface area (Å²) in [6, 6.07) is 9.67. The van der Waals surface area contributed by atoms with Crippen molar-refractivity contribution in [3.8, 4) is 0 Å². The Balaban J connectivity index is 1.02. The first-order valence-electron chi connectivity index (χ1n) is 11.5. The van der Waals surface area contributed by atoms with Gasteiger partial charge in [-0.15, -0.1) is 23.4 Å². The summed E-state index contributed by atoms with van der Waals surface area (Å²) in [6.45, 7) is 0. The first-order chi connectivity index (χ1) is 16.3. The number of nitrogens with one attached hydrogen (secondary N) is 1. The number of ether oxygens (including phenoxy) is 1. The Morgan fingerprint density at radius 1 is 1.15 bits per heavy atom. The minimum Gasteiger partial charge on any atom is -0.425 e. The summed E-state index contributed by atoms with van der Waals surface area (Å²) in [5, 5.41) is 15.4. The van der Waals surface area contributed by atoms with E-state index in [9.17, 15) is 18.0 Å². The van der Waals surface area contributed by atoms with Gasteiger partial charge < -0.3 is 14.6 Å². The van der Waals surface area contributed by atoms with Gasteiger partial charge in [-0.3, -0.25) is 9.53 Å². The van der Waals surface area contributed by atoms with E-state index in [1.165, 1.54) is 0 Å². The van der Waals surface area contributed by atoms with E-state index in [4.69, 9.17) is 9.25 Å². The summed E-state index contributed by atoms with van der Waals surface area (Å²) in [5.41, 5.74) is 1.07. The van der Waals surface area contributed by atoms with Gasteiger partial charge >= 0.3 is 6.36 Å². The van der Waals surface area contributed by atoms with Crippen LogP contribution in [0.25, 0.3) is 0 Å². The molecule has 3 unspecified atom stereocenters. The lowest BCUT2D eigenvalue weighted by atomic mass is 9.47. The van der Waals surface area contributed by atoms with Crippen molar-refractivity contribution in [2.75, 3.05) is 0 Å². The number of nitrogens with zero attached hydrogens (tertiary/aromatic N) is 3. The first-order valence-corrected chi connectivity index (χ1v) is 11.5. The van der Waals surface area contributed by atoms with Gasteiger partial charge in [0.1, 0.15) is 5.71 Å². The van der Waals surface area contributed by atoms with Gasteiger partial charge in [-0.1, -0.05) is 35.5 Å². The summed E-state index contributed by atoms with van der Waals surface area (Å²) < 4.78 is 46.8. The third-order valence-corrected chi connectivity index (χ3v) is 7.66. The minimum atomic E-state index is -4.63. The lowest BCUT2D eigenvalue weighted by molar-refractivity contribution is -0.352. The largest absolute Gasteiger partial charge is 0.522 e. The van der Waals surface area contributed by atoms with E-state index in [1.807, 2.05) is 30.3 Å². The number of rotatable bonds is 6. The smallest absolute Gasteiger partial charge is 0.425 e. The molecule has 1 aromatic heterocycles. The van der Waals surface area contributed by atoms with E-state index in [0.29, 0.717) is 30.3 Å². The fourth-order valence-corrected chi connectivity index (χ4v) is 5.61. The monoisotopic (exact) mass is 476 g/mol. The predicted molar refractivity (Wildman–Crippen MR) is 110 cm³/mol. The van der Waals surface area contributed by atoms with Gasteiger partial charge in [0.15, 0.2) is 6.10 Å². The number of halogens is 3. The van der Waals surface area contributed by atoms with Gasteiger partial charge in [0, 0.05) is 23.8 Å². The van der Waals surface area contributed by atoms with Crippen molar-refractivity contribution in [1.29, 1.82) is 0 Å². The Kier molecular flexibility index (Phi) is 4.94. The van der Waals surface area contributed by atoms with Gasteiger partial charge in [-0.05, 0) is 43.6 Å². The number of oxime groups is 1. The highest BCUT2D eigenvalue weighted by atomic mass is 19.4. The average Bonchev–Trinajstić information content (AvgIpc) is 3.44. The minimum absolute atomic E-state index is 0.0384. The summed E-state index contributed by atoms with van der Waals surface area (Å²) in [7, 11) is 0. The van der Waals surface area contributed by atoms with Gasteiger partial charge in [0.05, 0.1) is 6.10 Å². The topological polar surface area (TPSA) is 98.8 Å². The van der Waals surface area contributed by atoms with Crippen LogP contribution >= 0.6 is 0 Å². The van der Waals surface area contributed by atoms with Crippen LogP contribution in [-0.2, 0) is 14.4 Å². The molecule has 6 rings (SSSR count). The van der Waals surface area contributed by atoms with Crippen LogP contribution in [-0.4, -0.2) is 39.8 Å². The van der Waals surface area contributed by atoms with Crippen molar-refractivity contribution >= 4 is 11.6 Å². The third kappa shape index (κ3) is 3.75. The summed E-state index contributed by atoms with van der Waals surface area (Å²) in [5.74, 6) is 0.671. The highest BCUT2D eigenvalue weighted by molar-refractivity contribution is 6.39. The van der Waals surface area contributed by atoms with Crippen LogP contribution in [0, 0.1) is 5.92 Å². The molecular formula is C23H23F3N4O4. The van der Waals surface area contributed by atoms with E-state index >= 15 is 0 Å². The number of benzene rings is 1. The Morgan fingerprint density at radius 2 is 1.91 bits per heavy atom. The quantitative estimate of drug-likeness (QED) is 0.674. The number of aromatic nitrogens is 2. The zero-order chi connectivity index (χ0) is 23.5. The van der Waals surface area contributed by atoms with E-state index in [1.54, 1.807) is 0 Å². The number of carbonyl (C=O) groups excluding carboxylic acids is 1. The molecule has 4 aliphatic rings. The van der Waals surface area contributed by atoms with E-state index < -0.39 is 12.5 Å². The van der Waals surface area contributed by atoms with Gasteiger partial charge in [-0.2, -0.15) is 0 Å². The number of amides is 1. The normalized spacial score (nSPS) is 34.1. The molecule has 8 nitrogen and oxygen atoms in total. The van der Waals surface area contributed by atoms with Crippen molar-refractivity contribution in [2.24, 2.45) is 11.1 Å². The Labute approximate surface area is 192 Å². The Bertz CT molecular complexity index is 1110. The Morgan fingerprint density at radius 3 is 2.59 bits per heavy atom. The molecule has 0 spiro atoms. The van der Waals surface area contributed by atoms with Crippen molar-refractivity contribution in [3.05, 3.63) is 47.7 Å².